The van der Waals surface area contributed by atoms with Crippen LogP contribution in [-0.4, -0.2) is 41.0 Å². The number of aromatic nitrogens is 7. The molecule has 9 nitrogen and oxygen atoms in total. The van der Waals surface area contributed by atoms with Crippen LogP contribution in [0.15, 0.2) is 49.1 Å². The van der Waals surface area contributed by atoms with Gasteiger partial charge in [0.1, 0.15) is 11.5 Å². The number of hydrogen-bond acceptors (Lipinski definition) is 7. The van der Waals surface area contributed by atoms with Crippen molar-refractivity contribution in [3.63, 3.8) is 0 Å². The first-order chi connectivity index (χ1) is 17.9. The standard InChI is InChI=1S/C25H18F2N8OS/c1-11(2)25(36)31-13-7-12(8-28-9-13)15-10-30-22-18(19(15)27)21(34-35-22)24-32-20-14(5-6-29-23(20)33-24)16-3-4-17(26)37-16/h3-11H,1-2H3,(H,31,36)(H,29,32,33)(H,30,34,35). The van der Waals surface area contributed by atoms with Crippen molar-refractivity contribution in [3.05, 3.63) is 60.0 Å². The van der Waals surface area contributed by atoms with E-state index >= 15 is 4.39 Å². The minimum absolute atomic E-state index is 0.136. The van der Waals surface area contributed by atoms with Crippen molar-refractivity contribution in [3.8, 4) is 33.1 Å². The van der Waals surface area contributed by atoms with Crippen LogP contribution in [-0.2, 0) is 4.79 Å². The second-order valence-electron chi connectivity index (χ2n) is 8.64. The Bertz CT molecular complexity index is 1810. The van der Waals surface area contributed by atoms with Gasteiger partial charge < -0.3 is 10.3 Å². The minimum atomic E-state index is -0.572. The number of H-pyrrole nitrogens is 2. The van der Waals surface area contributed by atoms with E-state index in [1.54, 1.807) is 38.2 Å². The SMILES string of the molecule is CC(C)C(=O)Nc1cncc(-c2cnc3n[nH]c(-c4nc5nccc(-c6ccc(F)s6)c5[nH]4)c3c2F)c1. The first kappa shape index (κ1) is 22.9. The van der Waals surface area contributed by atoms with Crippen LogP contribution >= 0.6 is 11.3 Å². The largest absolute Gasteiger partial charge is 0.335 e. The average molecular weight is 517 g/mol. The van der Waals surface area contributed by atoms with Gasteiger partial charge in [-0.05, 0) is 24.3 Å². The molecule has 0 saturated carbocycles. The zero-order valence-electron chi connectivity index (χ0n) is 19.5. The fourth-order valence-corrected chi connectivity index (χ4v) is 4.72. The van der Waals surface area contributed by atoms with Crippen LogP contribution in [0.3, 0.4) is 0 Å². The number of thiophene rings is 1. The summed E-state index contributed by atoms with van der Waals surface area (Å²) in [5, 5.41) is 9.56. The maximum absolute atomic E-state index is 15.9. The summed E-state index contributed by atoms with van der Waals surface area (Å²) in [6, 6.07) is 6.48. The maximum atomic E-state index is 15.9. The number of carbonyl (C=O) groups excluding carboxylic acids is 1. The first-order valence-corrected chi connectivity index (χ1v) is 12.1. The number of nitrogens with one attached hydrogen (secondary N) is 3. The molecule has 6 aromatic heterocycles. The molecule has 37 heavy (non-hydrogen) atoms. The van der Waals surface area contributed by atoms with Crippen LogP contribution in [0, 0.1) is 16.9 Å². The summed E-state index contributed by atoms with van der Waals surface area (Å²) in [7, 11) is 0. The molecule has 0 aliphatic heterocycles. The third kappa shape index (κ3) is 4.00. The van der Waals surface area contributed by atoms with E-state index in [1.807, 2.05) is 0 Å². The van der Waals surface area contributed by atoms with E-state index in [-0.39, 0.29) is 33.6 Å². The maximum Gasteiger partial charge on any atom is 0.226 e. The number of nitrogens with zero attached hydrogens (tertiary/aromatic N) is 5. The molecule has 184 valence electrons. The van der Waals surface area contributed by atoms with Crippen LogP contribution in [0.4, 0.5) is 14.5 Å². The summed E-state index contributed by atoms with van der Waals surface area (Å²) in [4.78, 5) is 33.3. The molecule has 0 saturated heterocycles. The molecule has 0 atom stereocenters. The van der Waals surface area contributed by atoms with Crippen LogP contribution in [0.1, 0.15) is 13.8 Å². The van der Waals surface area contributed by atoms with Gasteiger partial charge in [-0.3, -0.25) is 14.9 Å². The Labute approximate surface area is 212 Å². The third-order valence-corrected chi connectivity index (χ3v) is 6.73. The van der Waals surface area contributed by atoms with E-state index in [1.165, 1.54) is 24.7 Å². The summed E-state index contributed by atoms with van der Waals surface area (Å²) in [5.74, 6) is -0.655. The predicted octanol–water partition coefficient (Wildman–Crippen LogP) is 5.56. The van der Waals surface area contributed by atoms with Crippen molar-refractivity contribution in [1.82, 2.24) is 35.1 Å². The molecule has 6 heterocycles. The van der Waals surface area contributed by atoms with Crippen LogP contribution in [0.2, 0.25) is 0 Å². The van der Waals surface area contributed by atoms with E-state index in [2.05, 4.69) is 40.4 Å². The highest BCUT2D eigenvalue weighted by Crippen LogP contribution is 2.35. The fraction of sp³-hybridized carbons (Fsp3) is 0.120. The average Bonchev–Trinajstić information content (AvgIpc) is 3.62. The quantitative estimate of drug-likeness (QED) is 0.276. The van der Waals surface area contributed by atoms with E-state index in [4.69, 9.17) is 0 Å². The molecule has 0 aliphatic rings. The summed E-state index contributed by atoms with van der Waals surface area (Å²) in [5.41, 5.74) is 3.25. The predicted molar refractivity (Wildman–Crippen MR) is 137 cm³/mol. The monoisotopic (exact) mass is 516 g/mol. The number of imidazole rings is 1. The van der Waals surface area contributed by atoms with Crippen molar-refractivity contribution in [1.29, 1.82) is 0 Å². The lowest BCUT2D eigenvalue weighted by Crippen LogP contribution is -2.17. The number of carbonyl (C=O) groups is 1. The molecule has 6 aromatic rings. The number of anilines is 1. The number of halogens is 2. The van der Waals surface area contributed by atoms with E-state index in [9.17, 15) is 9.18 Å². The topological polar surface area (TPSA) is 125 Å². The second-order valence-corrected chi connectivity index (χ2v) is 9.67. The number of pyridine rings is 3. The molecule has 12 heteroatoms. The van der Waals surface area contributed by atoms with Gasteiger partial charge in [-0.2, -0.15) is 9.49 Å². The molecule has 0 radical (unpaired) electrons. The number of amides is 1. The molecular weight excluding hydrogens is 498 g/mol. The highest BCUT2D eigenvalue weighted by Gasteiger charge is 2.22. The molecule has 0 aromatic carbocycles. The van der Waals surface area contributed by atoms with Gasteiger partial charge in [0.2, 0.25) is 5.91 Å². The van der Waals surface area contributed by atoms with Gasteiger partial charge in [0.05, 0.1) is 22.8 Å². The Kier molecular flexibility index (Phi) is 5.45. The van der Waals surface area contributed by atoms with Crippen LogP contribution in [0.5, 0.6) is 0 Å². The summed E-state index contributed by atoms with van der Waals surface area (Å²) in [6.45, 7) is 3.56. The molecule has 0 unspecified atom stereocenters. The summed E-state index contributed by atoms with van der Waals surface area (Å²) < 4.78 is 29.6. The van der Waals surface area contributed by atoms with E-state index < -0.39 is 5.82 Å². The van der Waals surface area contributed by atoms with Crippen molar-refractivity contribution < 1.29 is 13.6 Å². The lowest BCUT2D eigenvalue weighted by molar-refractivity contribution is -0.118. The Morgan fingerprint density at radius 2 is 1.92 bits per heavy atom. The van der Waals surface area contributed by atoms with Gasteiger partial charge in [-0.1, -0.05) is 13.8 Å². The lowest BCUT2D eigenvalue weighted by atomic mass is 10.1. The summed E-state index contributed by atoms with van der Waals surface area (Å²) >= 11 is 1.01. The number of aromatic amines is 2. The van der Waals surface area contributed by atoms with Crippen LogP contribution < -0.4 is 5.32 Å². The second kappa shape index (κ2) is 8.82. The van der Waals surface area contributed by atoms with Gasteiger partial charge in [0.25, 0.3) is 0 Å². The molecule has 0 bridgehead atoms. The number of rotatable bonds is 5. The molecule has 1 amide bonds. The molecular formula is C25H18F2N8OS. The van der Waals surface area contributed by atoms with Crippen molar-refractivity contribution in [2.45, 2.75) is 13.8 Å². The Morgan fingerprint density at radius 3 is 2.70 bits per heavy atom. The smallest absolute Gasteiger partial charge is 0.226 e. The van der Waals surface area contributed by atoms with Crippen LogP contribution in [0.25, 0.3) is 55.3 Å². The van der Waals surface area contributed by atoms with E-state index in [0.717, 1.165) is 16.9 Å². The highest BCUT2D eigenvalue weighted by molar-refractivity contribution is 7.14. The molecule has 3 N–H and O–H groups in total. The van der Waals surface area contributed by atoms with Crippen molar-refractivity contribution >= 4 is 45.1 Å². The van der Waals surface area contributed by atoms with Gasteiger partial charge in [0.15, 0.2) is 22.2 Å². The first-order valence-electron chi connectivity index (χ1n) is 11.3. The summed E-state index contributed by atoms with van der Waals surface area (Å²) in [6.07, 6.45) is 5.95. The van der Waals surface area contributed by atoms with Gasteiger partial charge in [-0.25, -0.2) is 19.3 Å². The highest BCUT2D eigenvalue weighted by atomic mass is 32.1. The minimum Gasteiger partial charge on any atom is -0.335 e. The fourth-order valence-electron chi connectivity index (χ4n) is 3.96. The van der Waals surface area contributed by atoms with Gasteiger partial charge in [0, 0.05) is 46.1 Å². The zero-order valence-corrected chi connectivity index (χ0v) is 20.3. The zero-order chi connectivity index (χ0) is 25.7. The Balaban J connectivity index is 1.45. The third-order valence-electron chi connectivity index (χ3n) is 5.83. The van der Waals surface area contributed by atoms with Crippen molar-refractivity contribution in [2.24, 2.45) is 5.92 Å². The number of fused-ring (bicyclic) bond motifs is 2. The molecule has 0 fully saturated rings. The van der Waals surface area contributed by atoms with Crippen molar-refractivity contribution in [2.75, 3.05) is 5.32 Å². The Hall–Kier alpha value is -4.58. The molecule has 6 rings (SSSR count). The van der Waals surface area contributed by atoms with E-state index in [0.29, 0.717) is 38.8 Å². The molecule has 0 aliphatic carbocycles. The lowest BCUT2D eigenvalue weighted by Gasteiger charge is -2.09. The normalized spacial score (nSPS) is 11.6. The molecule has 0 spiro atoms. The van der Waals surface area contributed by atoms with Gasteiger partial charge in [-0.15, -0.1) is 11.3 Å². The Morgan fingerprint density at radius 1 is 1.05 bits per heavy atom. The van der Waals surface area contributed by atoms with Gasteiger partial charge >= 0.3 is 0 Å². The number of hydrogen-bond donors (Lipinski definition) is 3.